The summed E-state index contributed by atoms with van der Waals surface area (Å²) >= 11 is 1.78. The molecule has 2 unspecified atom stereocenters. The monoisotopic (exact) mass is 282 g/mol. The quantitative estimate of drug-likeness (QED) is 0.837. The van der Waals surface area contributed by atoms with Crippen LogP contribution in [0.4, 0.5) is 0 Å². The minimum atomic E-state index is -0.0407. The Morgan fingerprint density at radius 3 is 3.00 bits per heavy atom. The Bertz CT molecular complexity index is 479. The van der Waals surface area contributed by atoms with Gasteiger partial charge in [-0.25, -0.2) is 9.89 Å². The molecule has 2 saturated carbocycles. The summed E-state index contributed by atoms with van der Waals surface area (Å²) in [5, 5.41) is 11.9. The smallest absolute Gasteiger partial charge is 0.313 e. The first-order valence-electron chi connectivity index (χ1n) is 7.36. The number of aromatic amines is 1. The van der Waals surface area contributed by atoms with Crippen LogP contribution >= 0.6 is 11.8 Å². The normalized spacial score (nSPS) is 27.0. The molecule has 6 heteroatoms. The molecule has 1 heterocycles. The number of nitrogens with one attached hydrogen (secondary N) is 2. The zero-order valence-electron chi connectivity index (χ0n) is 11.4. The number of hydrogen-bond donors (Lipinski definition) is 2. The summed E-state index contributed by atoms with van der Waals surface area (Å²) in [7, 11) is 0. The Morgan fingerprint density at radius 1 is 1.42 bits per heavy atom. The minimum Gasteiger partial charge on any atom is -0.313 e. The first-order chi connectivity index (χ1) is 9.29. The van der Waals surface area contributed by atoms with Crippen LogP contribution in [0.5, 0.6) is 0 Å². The Labute approximate surface area is 117 Å². The molecular weight excluding hydrogens is 260 g/mol. The number of thioether (sulfide) groups is 1. The topological polar surface area (TPSA) is 62.7 Å². The van der Waals surface area contributed by atoms with E-state index in [0.717, 1.165) is 24.5 Å². The van der Waals surface area contributed by atoms with Crippen molar-refractivity contribution in [3.63, 3.8) is 0 Å². The van der Waals surface area contributed by atoms with Crippen molar-refractivity contribution in [3.05, 3.63) is 10.5 Å². The van der Waals surface area contributed by atoms with E-state index >= 15 is 0 Å². The summed E-state index contributed by atoms with van der Waals surface area (Å²) in [6.45, 7) is 3.28. The van der Waals surface area contributed by atoms with Crippen molar-refractivity contribution < 1.29 is 0 Å². The van der Waals surface area contributed by atoms with Crippen LogP contribution in [0.15, 0.2) is 9.95 Å². The molecule has 2 aliphatic rings. The van der Waals surface area contributed by atoms with E-state index in [-0.39, 0.29) is 5.69 Å². The molecule has 1 aromatic rings. The summed E-state index contributed by atoms with van der Waals surface area (Å²) in [6, 6.07) is 0.974. The third-order valence-corrected chi connectivity index (χ3v) is 5.32. The van der Waals surface area contributed by atoms with Gasteiger partial charge in [0.2, 0.25) is 0 Å². The van der Waals surface area contributed by atoms with E-state index in [1.165, 1.54) is 25.7 Å². The number of H-pyrrole nitrogens is 1. The summed E-state index contributed by atoms with van der Waals surface area (Å²) < 4.78 is 1.86. The lowest BCUT2D eigenvalue weighted by molar-refractivity contribution is 0.529. The number of hydrogen-bond acceptors (Lipinski definition) is 4. The van der Waals surface area contributed by atoms with E-state index < -0.39 is 0 Å². The van der Waals surface area contributed by atoms with Crippen molar-refractivity contribution in [1.82, 2.24) is 20.1 Å². The Kier molecular flexibility index (Phi) is 3.98. The van der Waals surface area contributed by atoms with Crippen LogP contribution in [0.1, 0.15) is 51.5 Å². The van der Waals surface area contributed by atoms with Crippen LogP contribution in [0.3, 0.4) is 0 Å². The molecule has 0 radical (unpaired) electrons. The van der Waals surface area contributed by atoms with E-state index in [9.17, 15) is 4.79 Å². The summed E-state index contributed by atoms with van der Waals surface area (Å²) in [6.07, 6.45) is 7.15. The van der Waals surface area contributed by atoms with Crippen LogP contribution in [-0.4, -0.2) is 32.6 Å². The molecule has 0 aromatic carbocycles. The third-order valence-electron chi connectivity index (χ3n) is 3.95. The Balaban J connectivity index is 1.68. The second-order valence-corrected chi connectivity index (χ2v) is 6.77. The molecule has 19 heavy (non-hydrogen) atoms. The van der Waals surface area contributed by atoms with Gasteiger partial charge in [-0.05, 0) is 38.6 Å². The molecule has 2 fully saturated rings. The second-order valence-electron chi connectivity index (χ2n) is 5.56. The molecule has 0 bridgehead atoms. The minimum absolute atomic E-state index is 0.0407. The predicted molar refractivity (Wildman–Crippen MR) is 76.7 cm³/mol. The fraction of sp³-hybridized carbons (Fsp3) is 0.846. The Hall–Kier alpha value is -0.750. The maximum Gasteiger partial charge on any atom is 0.344 e. The predicted octanol–water partition coefficient (Wildman–Crippen LogP) is 1.92. The van der Waals surface area contributed by atoms with E-state index in [0.29, 0.717) is 17.3 Å². The molecule has 2 aliphatic carbocycles. The standard InChI is InChI=1S/C13H22N4OS/c1-2-8-14-10-4-3-5-11(10)19-13-16-15-12(18)17(13)9-6-7-9/h9-11,14H,2-8H2,1H3,(H,15,18). The summed E-state index contributed by atoms with van der Waals surface area (Å²) in [5.74, 6) is 0. The molecule has 2 atom stereocenters. The van der Waals surface area contributed by atoms with Crippen molar-refractivity contribution in [2.45, 2.75) is 67.9 Å². The fourth-order valence-electron chi connectivity index (χ4n) is 2.79. The number of rotatable bonds is 6. The van der Waals surface area contributed by atoms with Gasteiger partial charge in [0.05, 0.1) is 0 Å². The van der Waals surface area contributed by atoms with Gasteiger partial charge in [0.1, 0.15) is 0 Å². The van der Waals surface area contributed by atoms with Crippen LogP contribution in [0.25, 0.3) is 0 Å². The molecule has 1 aromatic heterocycles. The molecule has 0 saturated heterocycles. The van der Waals surface area contributed by atoms with Crippen molar-refractivity contribution in [3.8, 4) is 0 Å². The van der Waals surface area contributed by atoms with E-state index in [4.69, 9.17) is 0 Å². The molecule has 0 spiro atoms. The van der Waals surface area contributed by atoms with Gasteiger partial charge in [0, 0.05) is 17.3 Å². The zero-order chi connectivity index (χ0) is 13.2. The molecule has 106 valence electrons. The number of aromatic nitrogens is 3. The summed E-state index contributed by atoms with van der Waals surface area (Å²) in [4.78, 5) is 11.8. The summed E-state index contributed by atoms with van der Waals surface area (Å²) in [5.41, 5.74) is -0.0407. The molecule has 2 N–H and O–H groups in total. The van der Waals surface area contributed by atoms with Crippen LogP contribution in [0.2, 0.25) is 0 Å². The molecular formula is C13H22N4OS. The van der Waals surface area contributed by atoms with Crippen molar-refractivity contribution in [2.24, 2.45) is 0 Å². The van der Waals surface area contributed by atoms with E-state index in [1.54, 1.807) is 11.8 Å². The molecule has 0 aliphatic heterocycles. The lowest BCUT2D eigenvalue weighted by atomic mass is 10.2. The van der Waals surface area contributed by atoms with E-state index in [1.807, 2.05) is 4.57 Å². The maximum atomic E-state index is 11.8. The largest absolute Gasteiger partial charge is 0.344 e. The van der Waals surface area contributed by atoms with Gasteiger partial charge in [0.15, 0.2) is 5.16 Å². The van der Waals surface area contributed by atoms with E-state index in [2.05, 4.69) is 22.4 Å². The van der Waals surface area contributed by atoms with Gasteiger partial charge < -0.3 is 5.32 Å². The van der Waals surface area contributed by atoms with Gasteiger partial charge in [-0.15, -0.1) is 5.10 Å². The first kappa shape index (κ1) is 13.2. The van der Waals surface area contributed by atoms with Gasteiger partial charge in [-0.3, -0.25) is 4.57 Å². The van der Waals surface area contributed by atoms with Crippen LogP contribution in [0, 0.1) is 0 Å². The molecule has 0 amide bonds. The molecule has 5 nitrogen and oxygen atoms in total. The van der Waals surface area contributed by atoms with Gasteiger partial charge >= 0.3 is 5.69 Å². The highest BCUT2D eigenvalue weighted by atomic mass is 32.2. The van der Waals surface area contributed by atoms with Crippen molar-refractivity contribution in [2.75, 3.05) is 6.54 Å². The zero-order valence-corrected chi connectivity index (χ0v) is 12.2. The van der Waals surface area contributed by atoms with Crippen molar-refractivity contribution >= 4 is 11.8 Å². The van der Waals surface area contributed by atoms with Gasteiger partial charge in [0.25, 0.3) is 0 Å². The average molecular weight is 282 g/mol. The highest BCUT2D eigenvalue weighted by molar-refractivity contribution is 7.99. The highest BCUT2D eigenvalue weighted by Gasteiger charge is 2.33. The fourth-order valence-corrected chi connectivity index (χ4v) is 4.19. The lowest BCUT2D eigenvalue weighted by Gasteiger charge is -2.19. The van der Waals surface area contributed by atoms with Gasteiger partial charge in [-0.2, -0.15) is 0 Å². The average Bonchev–Trinajstić information content (AvgIpc) is 3.04. The van der Waals surface area contributed by atoms with Gasteiger partial charge in [-0.1, -0.05) is 25.1 Å². The first-order valence-corrected chi connectivity index (χ1v) is 8.24. The highest BCUT2D eigenvalue weighted by Crippen LogP contribution is 2.39. The van der Waals surface area contributed by atoms with Crippen molar-refractivity contribution in [1.29, 1.82) is 0 Å². The van der Waals surface area contributed by atoms with Crippen LogP contribution < -0.4 is 11.0 Å². The third kappa shape index (κ3) is 2.89. The second kappa shape index (κ2) is 5.71. The van der Waals surface area contributed by atoms with Crippen LogP contribution in [-0.2, 0) is 0 Å². The maximum absolute atomic E-state index is 11.8. The lowest BCUT2D eigenvalue weighted by Crippen LogP contribution is -2.34. The number of nitrogens with zero attached hydrogens (tertiary/aromatic N) is 2. The molecule has 3 rings (SSSR count). The Morgan fingerprint density at radius 2 is 2.26 bits per heavy atom. The SMILES string of the molecule is CCCNC1CCCC1Sc1n[nH]c(=O)n1C1CC1.